The monoisotopic (exact) mass is 580 g/mol. The zero-order valence-corrected chi connectivity index (χ0v) is 22.3. The summed E-state index contributed by atoms with van der Waals surface area (Å²) >= 11 is 0. The number of rotatable bonds is 7. The number of nitrogens with one attached hydrogen (secondary N) is 2. The molecule has 0 spiro atoms. The Morgan fingerprint density at radius 3 is 2.45 bits per heavy atom. The molecule has 1 aliphatic heterocycles. The minimum absolute atomic E-state index is 0.0528. The Hall–Kier alpha value is -3.82. The summed E-state index contributed by atoms with van der Waals surface area (Å²) in [6.07, 6.45) is -6.43. The Morgan fingerprint density at radius 1 is 1.12 bits per heavy atom. The number of morpholine rings is 1. The van der Waals surface area contributed by atoms with Gasteiger partial charge in [0.2, 0.25) is 5.95 Å². The van der Waals surface area contributed by atoms with E-state index in [1.807, 2.05) is 17.1 Å². The molecule has 3 aromatic rings. The van der Waals surface area contributed by atoms with Gasteiger partial charge in [-0.3, -0.25) is 0 Å². The quantitative estimate of drug-likeness (QED) is 0.384. The standard InChI is InChI=1S/C25H27F3N6O5S/c1-15-14-39-12-11-34(15)23-32-21(31-22(33-23)18-5-3-4-6-19(18)40(2,37)38)16-7-9-17(10-8-16)30-24(36)29-13-20(35)25(26,27)28/h3-10,15,20,35H,11-14H2,1-2H3,(H2,29,30,36)/t15-,20?/m0/s1. The second-order valence-electron chi connectivity index (χ2n) is 9.14. The van der Waals surface area contributed by atoms with Gasteiger partial charge in [0.15, 0.2) is 27.6 Å². The number of aromatic nitrogens is 3. The van der Waals surface area contributed by atoms with Crippen molar-refractivity contribution in [3.05, 3.63) is 48.5 Å². The SMILES string of the molecule is C[C@H]1COCCN1c1nc(-c2ccc(NC(=O)NCC(O)C(F)(F)F)cc2)nc(-c2ccccc2S(C)(=O)=O)n1. The van der Waals surface area contributed by atoms with Gasteiger partial charge in [0.1, 0.15) is 0 Å². The van der Waals surface area contributed by atoms with Gasteiger partial charge in [0.05, 0.1) is 30.7 Å². The molecule has 0 saturated carbocycles. The van der Waals surface area contributed by atoms with Gasteiger partial charge in [0.25, 0.3) is 0 Å². The van der Waals surface area contributed by atoms with Crippen LogP contribution in [0.1, 0.15) is 6.92 Å². The zero-order chi connectivity index (χ0) is 29.1. The molecule has 0 aliphatic carbocycles. The summed E-state index contributed by atoms with van der Waals surface area (Å²) in [6, 6.07) is 11.6. The summed E-state index contributed by atoms with van der Waals surface area (Å²) in [5, 5.41) is 13.4. The molecule has 2 heterocycles. The van der Waals surface area contributed by atoms with Crippen molar-refractivity contribution in [2.75, 3.05) is 42.8 Å². The fourth-order valence-corrected chi connectivity index (χ4v) is 4.81. The fraction of sp³-hybridized carbons (Fsp3) is 0.360. The molecule has 2 amide bonds. The van der Waals surface area contributed by atoms with E-state index >= 15 is 0 Å². The number of carbonyl (C=O) groups is 1. The summed E-state index contributed by atoms with van der Waals surface area (Å²) in [4.78, 5) is 27.7. The van der Waals surface area contributed by atoms with Gasteiger partial charge in [-0.05, 0) is 43.3 Å². The van der Waals surface area contributed by atoms with Crippen LogP contribution in [0.15, 0.2) is 53.4 Å². The van der Waals surface area contributed by atoms with Crippen molar-refractivity contribution in [1.29, 1.82) is 0 Å². The van der Waals surface area contributed by atoms with Gasteiger partial charge in [-0.2, -0.15) is 23.1 Å². The lowest BCUT2D eigenvalue weighted by Gasteiger charge is -2.33. The third-order valence-electron chi connectivity index (χ3n) is 6.01. The van der Waals surface area contributed by atoms with Crippen molar-refractivity contribution >= 4 is 27.5 Å². The van der Waals surface area contributed by atoms with Gasteiger partial charge >= 0.3 is 12.2 Å². The van der Waals surface area contributed by atoms with Crippen LogP contribution in [-0.2, 0) is 14.6 Å². The van der Waals surface area contributed by atoms with Crippen molar-refractivity contribution in [3.63, 3.8) is 0 Å². The number of halogens is 3. The van der Waals surface area contributed by atoms with E-state index in [2.05, 4.69) is 20.3 Å². The molecule has 2 aromatic carbocycles. The van der Waals surface area contributed by atoms with Gasteiger partial charge in [-0.25, -0.2) is 18.2 Å². The summed E-state index contributed by atoms with van der Waals surface area (Å²) in [6.45, 7) is 2.38. The van der Waals surface area contributed by atoms with Crippen molar-refractivity contribution < 1.29 is 36.2 Å². The van der Waals surface area contributed by atoms with E-state index in [4.69, 9.17) is 9.84 Å². The highest BCUT2D eigenvalue weighted by molar-refractivity contribution is 7.90. The van der Waals surface area contributed by atoms with Gasteiger partial charge in [0, 0.05) is 29.6 Å². The van der Waals surface area contributed by atoms with Crippen molar-refractivity contribution in [3.8, 4) is 22.8 Å². The smallest absolute Gasteiger partial charge is 0.382 e. The molecule has 0 bridgehead atoms. The summed E-state index contributed by atoms with van der Waals surface area (Å²) in [5.74, 6) is 0.736. The van der Waals surface area contributed by atoms with E-state index in [9.17, 15) is 26.4 Å². The van der Waals surface area contributed by atoms with Crippen molar-refractivity contribution in [2.45, 2.75) is 30.1 Å². The molecule has 214 valence electrons. The molecule has 40 heavy (non-hydrogen) atoms. The lowest BCUT2D eigenvalue weighted by molar-refractivity contribution is -0.201. The first-order chi connectivity index (χ1) is 18.8. The number of sulfone groups is 1. The molecule has 1 aliphatic rings. The second-order valence-corrected chi connectivity index (χ2v) is 11.1. The molecule has 1 aromatic heterocycles. The highest BCUT2D eigenvalue weighted by Crippen LogP contribution is 2.29. The zero-order valence-electron chi connectivity index (χ0n) is 21.5. The van der Waals surface area contributed by atoms with Crippen LogP contribution in [0.2, 0.25) is 0 Å². The number of alkyl halides is 3. The number of nitrogens with zero attached hydrogens (tertiary/aromatic N) is 4. The minimum atomic E-state index is -4.85. The predicted molar refractivity (Wildman–Crippen MR) is 141 cm³/mol. The largest absolute Gasteiger partial charge is 0.416 e. The number of anilines is 2. The molecule has 11 nitrogen and oxygen atoms in total. The molecule has 1 unspecified atom stereocenters. The van der Waals surface area contributed by atoms with Crippen molar-refractivity contribution in [1.82, 2.24) is 20.3 Å². The maximum absolute atomic E-state index is 12.5. The Balaban J connectivity index is 1.65. The van der Waals surface area contributed by atoms with Crippen LogP contribution in [0.5, 0.6) is 0 Å². The number of aliphatic hydroxyl groups is 1. The Morgan fingerprint density at radius 2 is 1.80 bits per heavy atom. The maximum atomic E-state index is 12.5. The van der Waals surface area contributed by atoms with Crippen LogP contribution in [-0.4, -0.2) is 85.4 Å². The molecule has 1 saturated heterocycles. The number of carbonyl (C=O) groups excluding carboxylic acids is 1. The minimum Gasteiger partial charge on any atom is -0.382 e. The second kappa shape index (κ2) is 11.7. The normalized spacial score (nSPS) is 16.9. The summed E-state index contributed by atoms with van der Waals surface area (Å²) < 4.78 is 67.8. The third kappa shape index (κ3) is 7.03. The Labute approximate surface area is 228 Å². The highest BCUT2D eigenvalue weighted by atomic mass is 32.2. The van der Waals surface area contributed by atoms with E-state index < -0.39 is 34.7 Å². The van der Waals surface area contributed by atoms with E-state index in [0.29, 0.717) is 36.8 Å². The van der Waals surface area contributed by atoms with Crippen LogP contribution >= 0.6 is 0 Å². The number of urea groups is 1. The molecule has 1 fully saturated rings. The van der Waals surface area contributed by atoms with E-state index in [1.54, 1.807) is 30.3 Å². The molecule has 2 atom stereocenters. The molecular weight excluding hydrogens is 553 g/mol. The predicted octanol–water partition coefficient (Wildman–Crippen LogP) is 2.88. The number of aliphatic hydroxyl groups excluding tert-OH is 1. The van der Waals surface area contributed by atoms with Gasteiger partial charge < -0.3 is 25.4 Å². The Kier molecular flexibility index (Phi) is 8.56. The first-order valence-electron chi connectivity index (χ1n) is 12.1. The van der Waals surface area contributed by atoms with Crippen LogP contribution < -0.4 is 15.5 Å². The number of amides is 2. The first-order valence-corrected chi connectivity index (χ1v) is 14.0. The summed E-state index contributed by atoms with van der Waals surface area (Å²) in [7, 11) is -3.60. The Bertz CT molecular complexity index is 1470. The number of hydrogen-bond donors (Lipinski definition) is 3. The average molecular weight is 581 g/mol. The van der Waals surface area contributed by atoms with Crippen molar-refractivity contribution in [2.24, 2.45) is 0 Å². The van der Waals surface area contributed by atoms with Crippen LogP contribution in [0.4, 0.5) is 29.6 Å². The topological polar surface area (TPSA) is 147 Å². The molecular formula is C25H27F3N6O5S. The highest BCUT2D eigenvalue weighted by Gasteiger charge is 2.38. The van der Waals surface area contributed by atoms with Gasteiger partial charge in [-0.15, -0.1) is 0 Å². The molecule has 4 rings (SSSR count). The van der Waals surface area contributed by atoms with E-state index in [1.165, 1.54) is 18.2 Å². The number of ether oxygens (including phenoxy) is 1. The lowest BCUT2D eigenvalue weighted by atomic mass is 10.1. The molecule has 0 radical (unpaired) electrons. The van der Waals surface area contributed by atoms with Crippen LogP contribution in [0.3, 0.4) is 0 Å². The van der Waals surface area contributed by atoms with E-state index in [0.717, 1.165) is 6.26 Å². The average Bonchev–Trinajstić information content (AvgIpc) is 2.91. The third-order valence-corrected chi connectivity index (χ3v) is 7.17. The summed E-state index contributed by atoms with van der Waals surface area (Å²) in [5.41, 5.74) is 1.09. The van der Waals surface area contributed by atoms with Crippen LogP contribution in [0.25, 0.3) is 22.8 Å². The lowest BCUT2D eigenvalue weighted by Crippen LogP contribution is -2.44. The number of hydrogen-bond acceptors (Lipinski definition) is 9. The van der Waals surface area contributed by atoms with E-state index in [-0.39, 0.29) is 28.3 Å². The molecule has 15 heteroatoms. The van der Waals surface area contributed by atoms with Gasteiger partial charge in [-0.1, -0.05) is 12.1 Å². The van der Waals surface area contributed by atoms with Crippen LogP contribution in [0, 0.1) is 0 Å². The maximum Gasteiger partial charge on any atom is 0.416 e. The fourth-order valence-electron chi connectivity index (χ4n) is 3.92. The number of benzene rings is 2. The molecule has 3 N–H and O–H groups in total. The first kappa shape index (κ1) is 29.2.